The molecule has 1 aliphatic heterocycles. The number of rotatable bonds is 9. The fourth-order valence-corrected chi connectivity index (χ4v) is 3.11. The molecule has 0 radical (unpaired) electrons. The average Bonchev–Trinajstić information content (AvgIpc) is 2.76. The molecular weight excluding hydrogens is 376 g/mol. The van der Waals surface area contributed by atoms with Gasteiger partial charge in [-0.3, -0.25) is 4.79 Å². The third kappa shape index (κ3) is 7.14. The van der Waals surface area contributed by atoms with Gasteiger partial charge in [-0.15, -0.1) is 0 Å². The van der Waals surface area contributed by atoms with Crippen LogP contribution in [-0.2, 0) is 30.3 Å². The van der Waals surface area contributed by atoms with Gasteiger partial charge in [0.1, 0.15) is 25.7 Å². The molecule has 0 aromatic heterocycles. The molecule has 2 atom stereocenters. The van der Waals surface area contributed by atoms with Gasteiger partial charge in [-0.2, -0.15) is 0 Å². The highest BCUT2D eigenvalue weighted by Crippen LogP contribution is 2.09. The Hall–Kier alpha value is -2.45. The molecule has 1 saturated heterocycles. The van der Waals surface area contributed by atoms with Crippen LogP contribution in [0.25, 0.3) is 0 Å². The number of esters is 2. The van der Waals surface area contributed by atoms with Crippen molar-refractivity contribution in [3.05, 3.63) is 35.4 Å². The van der Waals surface area contributed by atoms with E-state index in [1.807, 2.05) is 26.0 Å². The number of quaternary nitrogens is 1. The van der Waals surface area contributed by atoms with Crippen molar-refractivity contribution in [1.29, 1.82) is 0 Å². The maximum Gasteiger partial charge on any atom is 0.338 e. The smallest absolute Gasteiger partial charge is 0.338 e. The van der Waals surface area contributed by atoms with Crippen molar-refractivity contribution in [2.75, 3.05) is 40.0 Å². The zero-order valence-corrected chi connectivity index (χ0v) is 17.4. The summed E-state index contributed by atoms with van der Waals surface area (Å²) < 4.78 is 15.2. The van der Waals surface area contributed by atoms with Crippen molar-refractivity contribution >= 4 is 17.8 Å². The lowest BCUT2D eigenvalue weighted by atomic mass is 9.99. The summed E-state index contributed by atoms with van der Waals surface area (Å²) in [5.41, 5.74) is 1.51. The van der Waals surface area contributed by atoms with E-state index >= 15 is 0 Å². The zero-order valence-electron chi connectivity index (χ0n) is 17.4. The zero-order chi connectivity index (χ0) is 21.2. The number of carbonyl (C=O) groups is 3. The molecule has 0 aliphatic carbocycles. The van der Waals surface area contributed by atoms with Crippen molar-refractivity contribution in [3.63, 3.8) is 0 Å². The van der Waals surface area contributed by atoms with Crippen LogP contribution in [0.1, 0.15) is 36.2 Å². The summed E-state index contributed by atoms with van der Waals surface area (Å²) in [7, 11) is 1.27. The van der Waals surface area contributed by atoms with E-state index in [9.17, 15) is 14.4 Å². The quantitative estimate of drug-likeness (QED) is 0.558. The molecule has 0 unspecified atom stereocenters. The lowest BCUT2D eigenvalue weighted by molar-refractivity contribution is -0.921. The third-order valence-electron chi connectivity index (χ3n) is 5.16. The highest BCUT2D eigenvalue weighted by molar-refractivity contribution is 5.92. The van der Waals surface area contributed by atoms with Crippen molar-refractivity contribution in [2.24, 2.45) is 5.92 Å². The predicted molar refractivity (Wildman–Crippen MR) is 105 cm³/mol. The Morgan fingerprint density at radius 1 is 1.17 bits per heavy atom. The van der Waals surface area contributed by atoms with Crippen LogP contribution in [-0.4, -0.2) is 63.9 Å². The Bertz CT molecular complexity index is 685. The number of methoxy groups -OCH3 is 1. The fourth-order valence-electron chi connectivity index (χ4n) is 3.11. The van der Waals surface area contributed by atoms with Gasteiger partial charge in [0.2, 0.25) is 0 Å². The molecular formula is C21H31N2O6+. The third-order valence-corrected chi connectivity index (χ3v) is 5.16. The normalized spacial score (nSPS) is 16.5. The predicted octanol–water partition coefficient (Wildman–Crippen LogP) is -0.0376. The van der Waals surface area contributed by atoms with Crippen molar-refractivity contribution in [2.45, 2.75) is 32.9 Å². The lowest BCUT2D eigenvalue weighted by Gasteiger charge is -2.23. The summed E-state index contributed by atoms with van der Waals surface area (Å²) in [4.78, 5) is 37.6. The molecule has 29 heavy (non-hydrogen) atoms. The first-order valence-corrected chi connectivity index (χ1v) is 9.99. The molecule has 2 N–H and O–H groups in total. The minimum atomic E-state index is -0.766. The maximum absolute atomic E-state index is 12.2. The van der Waals surface area contributed by atoms with E-state index in [4.69, 9.17) is 14.2 Å². The minimum absolute atomic E-state index is 0.0942. The number of hydrogen-bond acceptors (Lipinski definition) is 6. The SMILES string of the molecule is CC[C@H](C)[C@@H](NC(=O)COC(=O)c1ccc(C[NH+]2CCOCC2)cc1)C(=O)OC. The van der Waals surface area contributed by atoms with E-state index < -0.39 is 30.5 Å². The summed E-state index contributed by atoms with van der Waals surface area (Å²) in [6.45, 7) is 7.68. The molecule has 2 rings (SSSR count). The van der Waals surface area contributed by atoms with Gasteiger partial charge in [0.05, 0.1) is 25.9 Å². The van der Waals surface area contributed by atoms with Crippen molar-refractivity contribution in [3.8, 4) is 0 Å². The first-order chi connectivity index (χ1) is 13.9. The molecule has 1 aromatic carbocycles. The molecule has 8 heteroatoms. The van der Waals surface area contributed by atoms with Gasteiger partial charge in [-0.05, 0) is 18.1 Å². The number of morpholine rings is 1. The van der Waals surface area contributed by atoms with Crippen LogP contribution < -0.4 is 10.2 Å². The molecule has 8 nitrogen and oxygen atoms in total. The summed E-state index contributed by atoms with van der Waals surface area (Å²) in [6, 6.07) is 6.43. The molecule has 160 valence electrons. The van der Waals surface area contributed by atoms with Crippen LogP contribution >= 0.6 is 0 Å². The number of ether oxygens (including phenoxy) is 3. The van der Waals surface area contributed by atoms with Gasteiger partial charge in [0.15, 0.2) is 6.61 Å². The summed E-state index contributed by atoms with van der Waals surface area (Å²) in [6.07, 6.45) is 0.693. The van der Waals surface area contributed by atoms with Crippen LogP contribution in [0.5, 0.6) is 0 Å². The second kappa shape index (κ2) is 11.5. The second-order valence-electron chi connectivity index (χ2n) is 7.27. The fraction of sp³-hybridized carbons (Fsp3) is 0.571. The van der Waals surface area contributed by atoms with Crippen LogP contribution in [0.4, 0.5) is 0 Å². The van der Waals surface area contributed by atoms with Gasteiger partial charge in [0.25, 0.3) is 5.91 Å². The van der Waals surface area contributed by atoms with E-state index in [1.165, 1.54) is 12.0 Å². The Morgan fingerprint density at radius 3 is 2.41 bits per heavy atom. The molecule has 1 aliphatic rings. The lowest BCUT2D eigenvalue weighted by Crippen LogP contribution is -3.12. The summed E-state index contributed by atoms with van der Waals surface area (Å²) in [5, 5.41) is 2.58. The van der Waals surface area contributed by atoms with E-state index in [0.717, 1.165) is 38.4 Å². The van der Waals surface area contributed by atoms with E-state index in [1.54, 1.807) is 12.1 Å². The number of nitrogens with one attached hydrogen (secondary N) is 2. The van der Waals surface area contributed by atoms with Gasteiger partial charge in [0, 0.05) is 5.56 Å². The molecule has 0 bridgehead atoms. The van der Waals surface area contributed by atoms with E-state index in [0.29, 0.717) is 12.0 Å². The number of carbonyl (C=O) groups excluding carboxylic acids is 3. The summed E-state index contributed by atoms with van der Waals surface area (Å²) >= 11 is 0. The standard InChI is InChI=1S/C21H30N2O6/c1-4-15(2)19(21(26)27-3)22-18(24)14-29-20(25)17-7-5-16(6-8-17)13-23-9-11-28-12-10-23/h5-8,15,19H,4,9-14H2,1-3H3,(H,22,24)/p+1/t15-,19+/m0/s1. The van der Waals surface area contributed by atoms with E-state index in [2.05, 4.69) is 5.32 Å². The molecule has 0 saturated carbocycles. The maximum atomic E-state index is 12.2. The second-order valence-corrected chi connectivity index (χ2v) is 7.27. The van der Waals surface area contributed by atoms with Crippen molar-refractivity contribution < 1.29 is 33.5 Å². The molecule has 1 aromatic rings. The number of hydrogen-bond donors (Lipinski definition) is 2. The van der Waals surface area contributed by atoms with Gasteiger partial charge >= 0.3 is 11.9 Å². The van der Waals surface area contributed by atoms with Crippen LogP contribution in [0.2, 0.25) is 0 Å². The molecule has 1 amide bonds. The minimum Gasteiger partial charge on any atom is -0.467 e. The van der Waals surface area contributed by atoms with Gasteiger partial charge in [-0.25, -0.2) is 9.59 Å². The number of benzene rings is 1. The summed E-state index contributed by atoms with van der Waals surface area (Å²) in [5.74, 6) is -1.73. The monoisotopic (exact) mass is 407 g/mol. The Balaban J connectivity index is 1.83. The largest absolute Gasteiger partial charge is 0.467 e. The van der Waals surface area contributed by atoms with Crippen LogP contribution in [0, 0.1) is 5.92 Å². The highest BCUT2D eigenvalue weighted by Gasteiger charge is 2.27. The van der Waals surface area contributed by atoms with Crippen LogP contribution in [0.3, 0.4) is 0 Å². The topological polar surface area (TPSA) is 95.4 Å². The van der Waals surface area contributed by atoms with E-state index in [-0.39, 0.29) is 5.92 Å². The Labute approximate surface area is 171 Å². The molecule has 1 fully saturated rings. The highest BCUT2D eigenvalue weighted by atomic mass is 16.5. The van der Waals surface area contributed by atoms with Crippen LogP contribution in [0.15, 0.2) is 24.3 Å². The van der Waals surface area contributed by atoms with Gasteiger partial charge < -0.3 is 24.4 Å². The average molecular weight is 407 g/mol. The first kappa shape index (κ1) is 22.8. The number of amides is 1. The van der Waals surface area contributed by atoms with Gasteiger partial charge in [-0.1, -0.05) is 32.4 Å². The molecule has 0 spiro atoms. The Morgan fingerprint density at radius 2 is 1.83 bits per heavy atom. The first-order valence-electron chi connectivity index (χ1n) is 9.99. The molecule has 1 heterocycles. The van der Waals surface area contributed by atoms with Crippen molar-refractivity contribution in [1.82, 2.24) is 5.32 Å². The Kier molecular flexibility index (Phi) is 9.08.